The minimum Gasteiger partial charge on any atom is -0.497 e. The molecule has 1 aromatic carbocycles. The monoisotopic (exact) mass is 370 g/mol. The average Bonchev–Trinajstić information content (AvgIpc) is 3.31. The average molecular weight is 370 g/mol. The van der Waals surface area contributed by atoms with Crippen LogP contribution >= 0.6 is 11.3 Å². The first-order valence-electron chi connectivity index (χ1n) is 8.30. The molecule has 0 bridgehead atoms. The van der Waals surface area contributed by atoms with Gasteiger partial charge in [-0.3, -0.25) is 4.79 Å². The van der Waals surface area contributed by atoms with Crippen molar-refractivity contribution < 1.29 is 9.53 Å². The van der Waals surface area contributed by atoms with E-state index in [1.54, 1.807) is 23.1 Å². The Morgan fingerprint density at radius 2 is 2.04 bits per heavy atom. The molecule has 0 fully saturated rings. The van der Waals surface area contributed by atoms with Gasteiger partial charge in [0.25, 0.3) is 5.91 Å². The lowest BCUT2D eigenvalue weighted by molar-refractivity contribution is 0.0943. The van der Waals surface area contributed by atoms with Gasteiger partial charge in [-0.2, -0.15) is 5.10 Å². The van der Waals surface area contributed by atoms with E-state index in [0.29, 0.717) is 12.2 Å². The Hall–Kier alpha value is -2.64. The van der Waals surface area contributed by atoms with E-state index in [-0.39, 0.29) is 5.91 Å². The van der Waals surface area contributed by atoms with Gasteiger partial charge in [0.1, 0.15) is 17.1 Å². The van der Waals surface area contributed by atoms with Crippen molar-refractivity contribution in [2.45, 2.75) is 0 Å². The van der Waals surface area contributed by atoms with Crippen molar-refractivity contribution in [3.05, 3.63) is 53.5 Å². The Kier molecular flexibility index (Phi) is 5.70. The van der Waals surface area contributed by atoms with Crippen molar-refractivity contribution >= 4 is 17.2 Å². The molecule has 3 rings (SSSR count). The van der Waals surface area contributed by atoms with Crippen molar-refractivity contribution in [2.24, 2.45) is 0 Å². The Morgan fingerprint density at radius 3 is 2.65 bits per heavy atom. The molecule has 6 nitrogen and oxygen atoms in total. The first kappa shape index (κ1) is 18.2. The standard InChI is InChI=1S/C19H22N4O2S/c1-22(2)11-10-20-19(24)17-13-16(18-5-4-12-26-18)21-23(17)14-6-8-15(25-3)9-7-14/h4-9,12-13H,10-11H2,1-3H3,(H,20,24). The number of hydrogen-bond acceptors (Lipinski definition) is 5. The van der Waals surface area contributed by atoms with Crippen molar-refractivity contribution in [1.82, 2.24) is 20.0 Å². The number of carbonyl (C=O) groups is 1. The maximum atomic E-state index is 12.7. The molecule has 3 aromatic rings. The van der Waals surface area contributed by atoms with Gasteiger partial charge in [0, 0.05) is 13.1 Å². The smallest absolute Gasteiger partial charge is 0.270 e. The summed E-state index contributed by atoms with van der Waals surface area (Å²) in [6.45, 7) is 1.36. The van der Waals surface area contributed by atoms with Gasteiger partial charge in [-0.1, -0.05) is 6.07 Å². The van der Waals surface area contributed by atoms with E-state index >= 15 is 0 Å². The molecule has 136 valence electrons. The van der Waals surface area contributed by atoms with Crippen molar-refractivity contribution in [3.8, 4) is 22.0 Å². The van der Waals surface area contributed by atoms with Gasteiger partial charge in [-0.25, -0.2) is 4.68 Å². The van der Waals surface area contributed by atoms with Crippen LogP contribution in [0, 0.1) is 0 Å². The number of aromatic nitrogens is 2. The van der Waals surface area contributed by atoms with Crippen LogP contribution in [0.2, 0.25) is 0 Å². The minimum atomic E-state index is -0.141. The number of likely N-dealkylation sites (N-methyl/N-ethyl adjacent to an activating group) is 1. The number of methoxy groups -OCH3 is 1. The molecule has 1 N–H and O–H groups in total. The molecule has 0 saturated heterocycles. The van der Waals surface area contributed by atoms with Crippen LogP contribution in [0.4, 0.5) is 0 Å². The summed E-state index contributed by atoms with van der Waals surface area (Å²) in [6, 6.07) is 13.3. The Balaban J connectivity index is 1.93. The van der Waals surface area contributed by atoms with Crippen LogP contribution in [0.3, 0.4) is 0 Å². The largest absolute Gasteiger partial charge is 0.497 e. The van der Waals surface area contributed by atoms with Crippen LogP contribution in [0.15, 0.2) is 47.8 Å². The fourth-order valence-corrected chi connectivity index (χ4v) is 3.17. The quantitative estimate of drug-likeness (QED) is 0.695. The molecule has 0 saturated carbocycles. The third-order valence-corrected chi connectivity index (χ3v) is 4.77. The molecular weight excluding hydrogens is 348 g/mol. The topological polar surface area (TPSA) is 59.4 Å². The van der Waals surface area contributed by atoms with Crippen molar-refractivity contribution in [3.63, 3.8) is 0 Å². The third-order valence-electron chi connectivity index (χ3n) is 3.88. The van der Waals surface area contributed by atoms with E-state index in [2.05, 4.69) is 10.4 Å². The number of hydrogen-bond donors (Lipinski definition) is 1. The minimum absolute atomic E-state index is 0.141. The molecular formula is C19H22N4O2S. The summed E-state index contributed by atoms with van der Waals surface area (Å²) in [5.74, 6) is 0.620. The molecule has 2 heterocycles. The Bertz CT molecular complexity index is 854. The van der Waals surface area contributed by atoms with E-state index in [1.807, 2.05) is 66.8 Å². The van der Waals surface area contributed by atoms with E-state index in [1.165, 1.54) is 0 Å². The lowest BCUT2D eigenvalue weighted by Gasteiger charge is -2.11. The van der Waals surface area contributed by atoms with E-state index in [4.69, 9.17) is 4.74 Å². The fraction of sp³-hybridized carbons (Fsp3) is 0.263. The lowest BCUT2D eigenvalue weighted by Crippen LogP contribution is -2.32. The van der Waals surface area contributed by atoms with Crippen LogP contribution in [0.25, 0.3) is 16.3 Å². The third kappa shape index (κ3) is 4.12. The van der Waals surface area contributed by atoms with Crippen molar-refractivity contribution in [2.75, 3.05) is 34.3 Å². The molecule has 0 radical (unpaired) electrons. The summed E-state index contributed by atoms with van der Waals surface area (Å²) in [6.07, 6.45) is 0. The Morgan fingerprint density at radius 1 is 1.27 bits per heavy atom. The van der Waals surface area contributed by atoms with Crippen LogP contribution in [0.5, 0.6) is 5.75 Å². The number of nitrogens with one attached hydrogen (secondary N) is 1. The highest BCUT2D eigenvalue weighted by atomic mass is 32.1. The number of amides is 1. The molecule has 0 spiro atoms. The van der Waals surface area contributed by atoms with Crippen LogP contribution in [-0.4, -0.2) is 54.9 Å². The number of benzene rings is 1. The molecule has 0 aliphatic heterocycles. The SMILES string of the molecule is COc1ccc(-n2nc(-c3cccs3)cc2C(=O)NCCN(C)C)cc1. The zero-order chi connectivity index (χ0) is 18.5. The fourth-order valence-electron chi connectivity index (χ4n) is 2.49. The van der Waals surface area contributed by atoms with Crippen LogP contribution < -0.4 is 10.1 Å². The first-order chi connectivity index (χ1) is 12.6. The highest BCUT2D eigenvalue weighted by molar-refractivity contribution is 7.13. The zero-order valence-corrected chi connectivity index (χ0v) is 15.9. The number of ether oxygens (including phenoxy) is 1. The van der Waals surface area contributed by atoms with Gasteiger partial charge >= 0.3 is 0 Å². The van der Waals surface area contributed by atoms with Crippen molar-refractivity contribution in [1.29, 1.82) is 0 Å². The molecule has 0 unspecified atom stereocenters. The summed E-state index contributed by atoms with van der Waals surface area (Å²) >= 11 is 1.60. The van der Waals surface area contributed by atoms with Crippen LogP contribution in [0.1, 0.15) is 10.5 Å². The summed E-state index contributed by atoms with van der Waals surface area (Å²) < 4.78 is 6.89. The van der Waals surface area contributed by atoms with E-state index < -0.39 is 0 Å². The van der Waals surface area contributed by atoms with Gasteiger partial charge < -0.3 is 15.0 Å². The molecule has 1 amide bonds. The first-order valence-corrected chi connectivity index (χ1v) is 9.18. The predicted octanol–water partition coefficient (Wildman–Crippen LogP) is 2.90. The number of carbonyl (C=O) groups excluding carboxylic acids is 1. The second-order valence-electron chi connectivity index (χ2n) is 6.06. The molecule has 0 aliphatic rings. The van der Waals surface area contributed by atoms with Gasteiger partial charge in [-0.15, -0.1) is 11.3 Å². The number of nitrogens with zero attached hydrogens (tertiary/aromatic N) is 3. The van der Waals surface area contributed by atoms with E-state index in [9.17, 15) is 4.79 Å². The van der Waals surface area contributed by atoms with Gasteiger partial charge in [0.2, 0.25) is 0 Å². The van der Waals surface area contributed by atoms with Crippen LogP contribution in [-0.2, 0) is 0 Å². The number of rotatable bonds is 7. The molecule has 0 atom stereocenters. The van der Waals surface area contributed by atoms with Gasteiger partial charge in [0.05, 0.1) is 17.7 Å². The Labute approximate surface area is 157 Å². The lowest BCUT2D eigenvalue weighted by atomic mass is 10.2. The predicted molar refractivity (Wildman–Crippen MR) is 104 cm³/mol. The summed E-state index contributed by atoms with van der Waals surface area (Å²) in [7, 11) is 5.58. The maximum absolute atomic E-state index is 12.7. The summed E-state index contributed by atoms with van der Waals surface area (Å²) in [5, 5.41) is 9.62. The second-order valence-corrected chi connectivity index (χ2v) is 7.01. The second kappa shape index (κ2) is 8.16. The molecule has 0 aliphatic carbocycles. The molecule has 26 heavy (non-hydrogen) atoms. The normalized spacial score (nSPS) is 10.9. The molecule has 2 aromatic heterocycles. The summed E-state index contributed by atoms with van der Waals surface area (Å²) in [5.41, 5.74) is 2.11. The highest BCUT2D eigenvalue weighted by Crippen LogP contribution is 2.26. The molecule has 7 heteroatoms. The van der Waals surface area contributed by atoms with E-state index in [0.717, 1.165) is 28.6 Å². The number of thiophene rings is 1. The highest BCUT2D eigenvalue weighted by Gasteiger charge is 2.18. The maximum Gasteiger partial charge on any atom is 0.270 e. The zero-order valence-electron chi connectivity index (χ0n) is 15.1. The summed E-state index contributed by atoms with van der Waals surface area (Å²) in [4.78, 5) is 15.8. The van der Waals surface area contributed by atoms with Gasteiger partial charge in [-0.05, 0) is 55.9 Å². The van der Waals surface area contributed by atoms with Gasteiger partial charge in [0.15, 0.2) is 0 Å².